The second-order valence-electron chi connectivity index (χ2n) is 5.68. The van der Waals surface area contributed by atoms with E-state index in [1.54, 1.807) is 11.6 Å². The first kappa shape index (κ1) is 15.6. The van der Waals surface area contributed by atoms with Gasteiger partial charge in [-0.2, -0.15) is 9.38 Å². The zero-order valence-electron chi connectivity index (χ0n) is 13.5. The van der Waals surface area contributed by atoms with E-state index in [2.05, 4.69) is 25.9 Å². The lowest BCUT2D eigenvalue weighted by molar-refractivity contribution is -0.389. The molecule has 0 aliphatic rings. The van der Waals surface area contributed by atoms with Gasteiger partial charge in [0, 0.05) is 18.5 Å². The predicted molar refractivity (Wildman–Crippen MR) is 97.3 cm³/mol. The Labute approximate surface area is 146 Å². The first-order valence-electron chi connectivity index (χ1n) is 7.91. The van der Waals surface area contributed by atoms with Crippen LogP contribution in [0.5, 0.6) is 0 Å². The van der Waals surface area contributed by atoms with Crippen LogP contribution in [-0.4, -0.2) is 30.4 Å². The predicted octanol–water partition coefficient (Wildman–Crippen LogP) is 3.46. The molecule has 0 atom stereocenters. The number of fused-ring (bicyclic) bond motifs is 2. The maximum absolute atomic E-state index is 11.3. The van der Waals surface area contributed by atoms with Crippen molar-refractivity contribution in [3.05, 3.63) is 51.8 Å². The van der Waals surface area contributed by atoms with E-state index in [0.29, 0.717) is 17.3 Å². The fourth-order valence-corrected chi connectivity index (χ4v) is 3.70. The van der Waals surface area contributed by atoms with Gasteiger partial charge in [-0.05, 0) is 30.4 Å². The highest BCUT2D eigenvalue weighted by atomic mass is 32.1. The van der Waals surface area contributed by atoms with E-state index in [1.165, 1.54) is 15.7 Å². The molecule has 8 nitrogen and oxygen atoms in total. The summed E-state index contributed by atoms with van der Waals surface area (Å²) in [6.45, 7) is 3.37. The molecule has 1 N–H and O–H groups in total. The molecule has 9 heteroatoms. The van der Waals surface area contributed by atoms with E-state index in [4.69, 9.17) is 0 Å². The Bertz CT molecular complexity index is 1060. The first-order chi connectivity index (χ1) is 12.1. The summed E-state index contributed by atoms with van der Waals surface area (Å²) < 4.78 is 3.66. The fraction of sp³-hybridized carbons (Fsp3) is 0.250. The summed E-state index contributed by atoms with van der Waals surface area (Å²) >= 11 is 1.38. The number of nitrogens with one attached hydrogen (secondary N) is 1. The lowest BCUT2D eigenvalue weighted by Crippen LogP contribution is -2.09. The van der Waals surface area contributed by atoms with Crippen LogP contribution < -0.4 is 5.32 Å². The van der Waals surface area contributed by atoms with Crippen LogP contribution in [0.2, 0.25) is 0 Å². The van der Waals surface area contributed by atoms with Crippen molar-refractivity contribution in [2.45, 2.75) is 19.9 Å². The lowest BCUT2D eigenvalue weighted by atomic mass is 10.3. The lowest BCUT2D eigenvalue weighted by Gasteiger charge is -2.07. The van der Waals surface area contributed by atoms with E-state index in [9.17, 15) is 10.1 Å². The van der Waals surface area contributed by atoms with E-state index in [-0.39, 0.29) is 5.82 Å². The molecule has 3 aromatic heterocycles. The monoisotopic (exact) mass is 356 g/mol. The minimum Gasteiger partial charge on any atom is -0.363 e. The Morgan fingerprint density at radius 3 is 3.00 bits per heavy atom. The summed E-state index contributed by atoms with van der Waals surface area (Å²) in [5, 5.41) is 16.2. The second kappa shape index (κ2) is 6.17. The van der Waals surface area contributed by atoms with Crippen molar-refractivity contribution in [2.75, 3.05) is 11.9 Å². The van der Waals surface area contributed by atoms with E-state index in [1.807, 2.05) is 25.1 Å². The van der Waals surface area contributed by atoms with Crippen molar-refractivity contribution >= 4 is 39.0 Å². The van der Waals surface area contributed by atoms with Crippen LogP contribution in [0.25, 0.3) is 16.0 Å². The molecule has 25 heavy (non-hydrogen) atoms. The van der Waals surface area contributed by atoms with E-state index >= 15 is 0 Å². The summed E-state index contributed by atoms with van der Waals surface area (Å²) in [5.74, 6) is 1.28. The minimum absolute atomic E-state index is 0.0134. The van der Waals surface area contributed by atoms with Crippen molar-refractivity contribution < 1.29 is 4.92 Å². The van der Waals surface area contributed by atoms with Crippen molar-refractivity contribution in [2.24, 2.45) is 0 Å². The number of para-hydroxylation sites is 2. The number of anilines is 1. The quantitative estimate of drug-likeness (QED) is 0.324. The molecule has 0 unspecified atom stereocenters. The molecule has 0 aliphatic carbocycles. The van der Waals surface area contributed by atoms with Gasteiger partial charge in [0.2, 0.25) is 5.82 Å². The molecular formula is C16H16N6O2S. The number of thiazole rings is 1. The number of imidazole rings is 2. The number of aryl methyl sites for hydroxylation is 2. The average molecular weight is 356 g/mol. The van der Waals surface area contributed by atoms with Gasteiger partial charge < -0.3 is 20.0 Å². The van der Waals surface area contributed by atoms with Gasteiger partial charge in [0.15, 0.2) is 0 Å². The number of hydrogen-bond acceptors (Lipinski definition) is 6. The molecule has 0 radical (unpaired) electrons. The van der Waals surface area contributed by atoms with Gasteiger partial charge in [-0.3, -0.25) is 0 Å². The second-order valence-corrected chi connectivity index (χ2v) is 6.55. The highest BCUT2D eigenvalue weighted by Crippen LogP contribution is 2.27. The standard InChI is InChI=1S/C16H16N6O2S/c1-11-18-12-5-2-3-6-13(12)20(11)8-4-7-17-14-15(22(23)24)21-9-10-25-16(21)19-14/h2-3,5-6,9-10,17H,4,7-8H2,1H3. The van der Waals surface area contributed by atoms with Crippen molar-refractivity contribution in [3.63, 3.8) is 0 Å². The Kier molecular flexibility index (Phi) is 3.85. The molecular weight excluding hydrogens is 340 g/mol. The average Bonchev–Trinajstić information content (AvgIpc) is 3.23. The van der Waals surface area contributed by atoms with Gasteiger partial charge in [0.05, 0.1) is 11.0 Å². The van der Waals surface area contributed by atoms with Crippen LogP contribution in [0.15, 0.2) is 35.8 Å². The molecule has 0 saturated heterocycles. The third-order valence-corrected chi connectivity index (χ3v) is 4.86. The maximum atomic E-state index is 11.3. The number of hydrogen-bond donors (Lipinski definition) is 1. The highest BCUT2D eigenvalue weighted by Gasteiger charge is 2.23. The molecule has 0 aliphatic heterocycles. The van der Waals surface area contributed by atoms with Gasteiger partial charge >= 0.3 is 5.82 Å². The van der Waals surface area contributed by atoms with E-state index in [0.717, 1.165) is 29.8 Å². The molecule has 0 bridgehead atoms. The maximum Gasteiger partial charge on any atom is 0.372 e. The number of nitro groups is 1. The Morgan fingerprint density at radius 1 is 1.32 bits per heavy atom. The summed E-state index contributed by atoms with van der Waals surface area (Å²) in [5.41, 5.74) is 2.09. The van der Waals surface area contributed by atoms with E-state index < -0.39 is 4.92 Å². The van der Waals surface area contributed by atoms with Crippen LogP contribution >= 0.6 is 11.3 Å². The Balaban J connectivity index is 1.46. The summed E-state index contributed by atoms with van der Waals surface area (Å²) in [7, 11) is 0. The number of rotatable bonds is 6. The SMILES string of the molecule is Cc1nc2ccccc2n1CCCNc1nc2sccn2c1[N+](=O)[O-]. The number of aromatic nitrogens is 4. The van der Waals surface area contributed by atoms with Crippen molar-refractivity contribution in [3.8, 4) is 0 Å². The third kappa shape index (κ3) is 2.72. The topological polar surface area (TPSA) is 90.3 Å². The highest BCUT2D eigenvalue weighted by molar-refractivity contribution is 7.15. The molecule has 4 rings (SSSR count). The molecule has 0 amide bonds. The Hall–Kier alpha value is -2.94. The molecule has 128 valence electrons. The van der Waals surface area contributed by atoms with Crippen LogP contribution in [0.1, 0.15) is 12.2 Å². The third-order valence-electron chi connectivity index (χ3n) is 4.11. The fourth-order valence-electron chi connectivity index (χ4n) is 2.99. The molecule has 4 aromatic rings. The first-order valence-corrected chi connectivity index (χ1v) is 8.79. The number of nitrogens with zero attached hydrogens (tertiary/aromatic N) is 5. The zero-order valence-corrected chi connectivity index (χ0v) is 14.4. The van der Waals surface area contributed by atoms with Crippen LogP contribution in [-0.2, 0) is 6.54 Å². The number of benzene rings is 1. The summed E-state index contributed by atoms with van der Waals surface area (Å²) in [4.78, 5) is 20.4. The van der Waals surface area contributed by atoms with Gasteiger partial charge in [0.25, 0.3) is 4.96 Å². The molecule has 1 aromatic carbocycles. The van der Waals surface area contributed by atoms with Crippen LogP contribution in [0.4, 0.5) is 11.6 Å². The van der Waals surface area contributed by atoms with Crippen LogP contribution in [0, 0.1) is 17.0 Å². The molecule has 0 spiro atoms. The zero-order chi connectivity index (χ0) is 17.4. The summed E-state index contributed by atoms with van der Waals surface area (Å²) in [6, 6.07) is 8.03. The smallest absolute Gasteiger partial charge is 0.363 e. The Morgan fingerprint density at radius 2 is 2.16 bits per heavy atom. The normalized spacial score (nSPS) is 11.4. The van der Waals surface area contributed by atoms with Gasteiger partial charge in [0.1, 0.15) is 12.0 Å². The van der Waals surface area contributed by atoms with Crippen molar-refractivity contribution in [1.82, 2.24) is 18.9 Å². The van der Waals surface area contributed by atoms with Gasteiger partial charge in [-0.15, -0.1) is 0 Å². The van der Waals surface area contributed by atoms with Gasteiger partial charge in [-0.1, -0.05) is 23.5 Å². The van der Waals surface area contributed by atoms with Crippen LogP contribution in [0.3, 0.4) is 0 Å². The minimum atomic E-state index is -0.400. The molecule has 0 saturated carbocycles. The molecule has 0 fully saturated rings. The molecule has 3 heterocycles. The summed E-state index contributed by atoms with van der Waals surface area (Å²) in [6.07, 6.45) is 2.47. The van der Waals surface area contributed by atoms with Gasteiger partial charge in [-0.25, -0.2) is 4.98 Å². The van der Waals surface area contributed by atoms with Crippen molar-refractivity contribution in [1.29, 1.82) is 0 Å². The largest absolute Gasteiger partial charge is 0.372 e.